The van der Waals surface area contributed by atoms with E-state index in [-0.39, 0.29) is 303 Å². The zero-order valence-corrected chi connectivity index (χ0v) is 58.4. The Morgan fingerprint density at radius 1 is 0.211 bits per heavy atom. The molecule has 0 bridgehead atoms. The van der Waals surface area contributed by atoms with Gasteiger partial charge in [-0.05, 0) is 0 Å². The van der Waals surface area contributed by atoms with Crippen molar-refractivity contribution in [1.29, 1.82) is 0 Å². The maximum Gasteiger partial charge on any atom is 0 e. The third kappa shape index (κ3) is 128. The first-order valence-electron chi connectivity index (χ1n) is 4.00. The van der Waals surface area contributed by atoms with Crippen molar-refractivity contribution in [1.82, 2.24) is 0 Å². The van der Waals surface area contributed by atoms with Crippen molar-refractivity contribution in [2.45, 2.75) is 0 Å². The Labute approximate surface area is 458 Å². The van der Waals surface area contributed by atoms with Crippen molar-refractivity contribution in [3.63, 3.8) is 0 Å². The quantitative estimate of drug-likeness (QED) is 0.214. The number of hydrogen-bond donors (Lipinski definition) is 0. The summed E-state index contributed by atoms with van der Waals surface area (Å²) in [5.74, 6) is 0. The molecule has 0 N–H and O–H groups in total. The maximum absolute atomic E-state index is 1.44. The first kappa shape index (κ1) is 98.9. The number of hydrogen-bond acceptors (Lipinski definition) is 0. The molecule has 23 radical (unpaired) electrons. The summed E-state index contributed by atoms with van der Waals surface area (Å²) in [6.45, 7) is 0. The van der Waals surface area contributed by atoms with Gasteiger partial charge in [0.1, 0.15) is 0 Å². The normalized spacial score (nSPS) is 1.68. The Bertz CT molecular complexity index is 14.1. The van der Waals surface area contributed by atoms with Gasteiger partial charge in [0.25, 0.3) is 0 Å². The molecule has 0 nitrogen and oxygen atoms in total. The molecule has 0 spiro atoms. The fraction of sp³-hybridized carbons (Fsp3) is 0. The minimum absolute atomic E-state index is 0. The van der Waals surface area contributed by atoms with Gasteiger partial charge in [-0.3, -0.25) is 0 Å². The van der Waals surface area contributed by atoms with E-state index in [1.54, 1.807) is 0 Å². The molecule has 0 aliphatic heterocycles. The molecule has 0 aromatic carbocycles. The first-order chi connectivity index (χ1) is 4.00. The first-order valence-corrected chi connectivity index (χ1v) is 36.0. The predicted molar refractivity (Wildman–Crippen MR) is 109 cm³/mol. The second kappa shape index (κ2) is 135. The molecule has 0 amide bonds. The van der Waals surface area contributed by atoms with Crippen LogP contribution in [0.15, 0.2) is 0 Å². The molecule has 0 aromatic rings. The standard InChI is InChI=1S/15Na.4Sn. The van der Waals surface area contributed by atoms with Crippen LogP contribution in [0.3, 0.4) is 0 Å². The van der Waals surface area contributed by atoms with Crippen LogP contribution in [0.1, 0.15) is 0 Å². The van der Waals surface area contributed by atoms with Crippen LogP contribution in [-0.2, 0) is 0 Å². The molecular weight excluding hydrogens is 820 g/mol. The van der Waals surface area contributed by atoms with Gasteiger partial charge in [-0.1, -0.05) is 0 Å². The molecular formula is Na15Sn4. The van der Waals surface area contributed by atoms with E-state index < -0.39 is 0 Å². The summed E-state index contributed by atoms with van der Waals surface area (Å²) < 4.78 is 0. The van der Waals surface area contributed by atoms with Gasteiger partial charge in [0.15, 0.2) is 0 Å². The molecule has 0 saturated carbocycles. The van der Waals surface area contributed by atoms with Crippen LogP contribution in [0.4, 0.5) is 0 Å². The van der Waals surface area contributed by atoms with Crippen LogP contribution in [0.5, 0.6) is 0 Å². The zero-order chi connectivity index (χ0) is 8.00. The predicted octanol–water partition coefficient (Wildman–Crippen LogP) is -7.24. The fourth-order valence-electron chi connectivity index (χ4n) is 0. The third-order valence-electron chi connectivity index (χ3n) is 0. The molecule has 19 heteroatoms. The van der Waals surface area contributed by atoms with Gasteiger partial charge in [-0.15, -0.1) is 0 Å². The van der Waals surface area contributed by atoms with Crippen molar-refractivity contribution in [2.24, 2.45) is 0 Å². The molecule has 0 atom stereocenters. The molecule has 0 aliphatic carbocycles. The van der Waals surface area contributed by atoms with Crippen LogP contribution in [0.25, 0.3) is 0 Å². The SMILES string of the molecule is [Na].[Na].[Na].[Na].[Na].[Na].[Na].[Na][Na].[Na][Na].[Na][Na].[Na][Na].[Sn].[Sn].[Sn].[Sn]. The van der Waals surface area contributed by atoms with Crippen molar-refractivity contribution < 1.29 is 0 Å². The molecule has 0 rings (SSSR count). The van der Waals surface area contributed by atoms with Crippen LogP contribution < -0.4 is 0 Å². The summed E-state index contributed by atoms with van der Waals surface area (Å²) in [6.07, 6.45) is 0. The van der Waals surface area contributed by atoms with E-state index in [1.165, 1.54) is 174 Å². The average Bonchev–Trinajstić information content (AvgIpc) is 2.03. The molecule has 0 saturated heterocycles. The van der Waals surface area contributed by atoms with Gasteiger partial charge in [0.2, 0.25) is 0 Å². The average molecular weight is 820 g/mol. The fourth-order valence-corrected chi connectivity index (χ4v) is 0. The van der Waals surface area contributed by atoms with Crippen LogP contribution in [0.2, 0.25) is 0 Å². The molecule has 0 unspecified atom stereocenters. The van der Waals surface area contributed by atoms with E-state index in [9.17, 15) is 0 Å². The minimum Gasteiger partial charge on any atom is 0 e. The van der Waals surface area contributed by atoms with Gasteiger partial charge in [0, 0.05) is 303 Å². The summed E-state index contributed by atoms with van der Waals surface area (Å²) in [5, 5.41) is 0. The largest absolute Gasteiger partial charge is 0 e. The summed E-state index contributed by atoms with van der Waals surface area (Å²) in [4.78, 5) is 0. The molecule has 0 aromatic heterocycles. The summed E-state index contributed by atoms with van der Waals surface area (Å²) in [6, 6.07) is 0. The monoisotopic (exact) mass is 824 g/mol. The van der Waals surface area contributed by atoms with Gasteiger partial charge < -0.3 is 0 Å². The van der Waals surface area contributed by atoms with Gasteiger partial charge in [-0.2, -0.15) is 0 Å². The Morgan fingerprint density at radius 2 is 0.211 bits per heavy atom. The van der Waals surface area contributed by atoms with E-state index in [0.717, 1.165) is 0 Å². The van der Waals surface area contributed by atoms with Gasteiger partial charge >= 0.3 is 174 Å². The van der Waals surface area contributed by atoms with E-state index in [1.807, 2.05) is 0 Å². The second-order valence-electron chi connectivity index (χ2n) is 0. The molecule has 19 heavy (non-hydrogen) atoms. The summed E-state index contributed by atoms with van der Waals surface area (Å²) in [5.41, 5.74) is 0. The number of rotatable bonds is 0. The Hall–Kier alpha value is 18.2. The molecule has 0 aliphatic rings. The van der Waals surface area contributed by atoms with Crippen molar-refractivity contribution in [3.05, 3.63) is 0 Å². The molecule has 0 heterocycles. The molecule has 31 valence electrons. The topological polar surface area (TPSA) is 0 Å². The van der Waals surface area contributed by atoms with Crippen LogP contribution in [0, 0.1) is 0 Å². The van der Waals surface area contributed by atoms with E-state index in [2.05, 4.69) is 0 Å². The van der Waals surface area contributed by atoms with Gasteiger partial charge in [0.05, 0.1) is 0 Å². The maximum atomic E-state index is 1.44. The molecule has 0 fully saturated rings. The second-order valence-corrected chi connectivity index (χ2v) is 0. The third-order valence-corrected chi connectivity index (χ3v) is 0. The summed E-state index contributed by atoms with van der Waals surface area (Å²) in [7, 11) is 0. The Morgan fingerprint density at radius 3 is 0.211 bits per heavy atom. The zero-order valence-electron chi connectivity index (χ0n) is 17.0. The Balaban J connectivity index is -0.000000000724. The van der Waals surface area contributed by atoms with Crippen LogP contribution in [-0.4, -0.2) is 477 Å². The van der Waals surface area contributed by atoms with E-state index >= 15 is 0 Å². The minimum atomic E-state index is 0. The van der Waals surface area contributed by atoms with Crippen molar-refractivity contribution >= 4 is 477 Å². The Kier molecular flexibility index (Phi) is 705. The summed E-state index contributed by atoms with van der Waals surface area (Å²) >= 11 is 11.6. The van der Waals surface area contributed by atoms with Gasteiger partial charge in [-0.25, -0.2) is 0 Å². The van der Waals surface area contributed by atoms with Crippen molar-refractivity contribution in [3.8, 4) is 0 Å². The van der Waals surface area contributed by atoms with Crippen molar-refractivity contribution in [2.75, 3.05) is 0 Å². The van der Waals surface area contributed by atoms with E-state index in [4.69, 9.17) is 0 Å². The smallest absolute Gasteiger partial charge is 0 e. The van der Waals surface area contributed by atoms with E-state index in [0.29, 0.717) is 0 Å². The van der Waals surface area contributed by atoms with Crippen LogP contribution >= 0.6 is 0 Å².